The van der Waals surface area contributed by atoms with E-state index in [9.17, 15) is 30.7 Å². The molecule has 1 amide bonds. The molecule has 0 bridgehead atoms. The van der Waals surface area contributed by atoms with Gasteiger partial charge in [0.2, 0.25) is 17.1 Å². The van der Waals surface area contributed by atoms with Crippen LogP contribution in [0.1, 0.15) is 61.3 Å². The Bertz CT molecular complexity index is 2160. The molecule has 1 unspecified atom stereocenters. The lowest BCUT2D eigenvalue weighted by atomic mass is 9.80. The van der Waals surface area contributed by atoms with E-state index in [1.54, 1.807) is 0 Å². The molecule has 0 saturated carbocycles. The zero-order valence-corrected chi connectivity index (χ0v) is 28.7. The highest BCUT2D eigenvalue weighted by atomic mass is 32.2. The molecule has 49 heavy (non-hydrogen) atoms. The van der Waals surface area contributed by atoms with Gasteiger partial charge in [0.1, 0.15) is 4.90 Å². The number of nitrogens with one attached hydrogen (secondary N) is 1. The Hall–Kier alpha value is -4.20. The maximum atomic E-state index is 13.2. The van der Waals surface area contributed by atoms with Crippen LogP contribution in [-0.4, -0.2) is 56.4 Å². The van der Waals surface area contributed by atoms with Crippen LogP contribution in [0.4, 0.5) is 5.69 Å². The lowest BCUT2D eigenvalue weighted by Crippen LogP contribution is -2.40. The Balaban J connectivity index is 1.27. The number of carbonyl (C=O) groups is 1. The summed E-state index contributed by atoms with van der Waals surface area (Å²) in [5.74, 6) is -0.669. The minimum absolute atomic E-state index is 0.00268. The van der Waals surface area contributed by atoms with Crippen LogP contribution in [0.5, 0.6) is 0 Å². The van der Waals surface area contributed by atoms with E-state index >= 15 is 0 Å². The fourth-order valence-electron chi connectivity index (χ4n) is 6.86. The maximum Gasteiger partial charge on any atom is 0.296 e. The van der Waals surface area contributed by atoms with Crippen molar-refractivity contribution < 1.29 is 35.3 Å². The molecule has 1 saturated heterocycles. The van der Waals surface area contributed by atoms with E-state index in [1.165, 1.54) is 19.3 Å². The molecule has 1 fully saturated rings. The molecule has 1 aromatic heterocycles. The molecule has 12 heteroatoms. The Morgan fingerprint density at radius 2 is 1.63 bits per heavy atom. The smallest absolute Gasteiger partial charge is 0.296 e. The largest absolute Gasteiger partial charge is 0.325 e. The van der Waals surface area contributed by atoms with Crippen LogP contribution in [0.25, 0.3) is 23.1 Å². The number of amides is 1. The van der Waals surface area contributed by atoms with Gasteiger partial charge in [-0.15, -0.1) is 0 Å². The van der Waals surface area contributed by atoms with E-state index in [0.717, 1.165) is 78.0 Å². The Labute approximate surface area is 287 Å². The topological polar surface area (TPSA) is 145 Å². The van der Waals surface area contributed by atoms with Crippen molar-refractivity contribution in [3.63, 3.8) is 0 Å². The van der Waals surface area contributed by atoms with E-state index in [1.807, 2.05) is 30.3 Å². The number of nitrogens with zero attached hydrogens (tertiary/aromatic N) is 2. The third kappa shape index (κ3) is 8.34. The van der Waals surface area contributed by atoms with Crippen molar-refractivity contribution in [1.29, 1.82) is 0 Å². The van der Waals surface area contributed by atoms with Crippen LogP contribution < -0.4 is 9.88 Å². The summed E-state index contributed by atoms with van der Waals surface area (Å²) in [4.78, 5) is 14.2. The van der Waals surface area contributed by atoms with Gasteiger partial charge in [-0.2, -0.15) is 21.4 Å². The number of fused-ring (bicyclic) bond motifs is 2. The normalized spacial score (nSPS) is 17.7. The van der Waals surface area contributed by atoms with Crippen molar-refractivity contribution in [2.24, 2.45) is 0 Å². The van der Waals surface area contributed by atoms with Crippen LogP contribution >= 0.6 is 0 Å². The van der Waals surface area contributed by atoms with Crippen LogP contribution in [0, 0.1) is 0 Å². The van der Waals surface area contributed by atoms with E-state index in [4.69, 9.17) is 0 Å². The minimum atomic E-state index is -4.93. The minimum Gasteiger partial charge on any atom is -0.325 e. The number of aromatic nitrogens is 1. The highest BCUT2D eigenvalue weighted by molar-refractivity contribution is 7.86. The number of allylic oxidation sites excluding steroid dienone is 2. The maximum absolute atomic E-state index is 13.2. The zero-order chi connectivity index (χ0) is 34.6. The molecule has 1 aliphatic heterocycles. The van der Waals surface area contributed by atoms with Gasteiger partial charge >= 0.3 is 0 Å². The van der Waals surface area contributed by atoms with Gasteiger partial charge in [0, 0.05) is 48.9 Å². The summed E-state index contributed by atoms with van der Waals surface area (Å²) in [5.41, 5.74) is 5.07. The van der Waals surface area contributed by atoms with Crippen molar-refractivity contribution in [1.82, 2.24) is 4.90 Å². The molecule has 2 aliphatic rings. The number of pyridine rings is 1. The fourth-order valence-corrected chi connectivity index (χ4v) is 8.12. The van der Waals surface area contributed by atoms with Gasteiger partial charge in [-0.1, -0.05) is 55.0 Å². The number of anilines is 1. The second-order valence-electron chi connectivity index (χ2n) is 12.6. The first-order valence-corrected chi connectivity index (χ1v) is 19.4. The number of para-hydroxylation sites is 1. The number of hydrogen-bond acceptors (Lipinski definition) is 6. The molecule has 2 heterocycles. The molecule has 6 rings (SSSR count). The average Bonchev–Trinajstić information content (AvgIpc) is 3.08. The van der Waals surface area contributed by atoms with Gasteiger partial charge in [-0.3, -0.25) is 13.9 Å². The second-order valence-corrected chi connectivity index (χ2v) is 15.4. The lowest BCUT2D eigenvalue weighted by Gasteiger charge is -2.26. The molecule has 4 aromatic rings. The average molecular weight is 703 g/mol. The van der Waals surface area contributed by atoms with E-state index in [0.29, 0.717) is 12.5 Å². The molecule has 0 spiro atoms. The summed E-state index contributed by atoms with van der Waals surface area (Å²) in [6, 6.07) is 23.2. The SMILES string of the molecule is O=C(CCC1C(=Cc2ccc3ccccc3[n+]2CCCN2CCCCC2)C=Cc2ccccc21)Nc1ccc(S(=O)(=O)O)cc1S(=O)(=O)O. The summed E-state index contributed by atoms with van der Waals surface area (Å²) in [6.07, 6.45) is 11.6. The number of rotatable bonds is 11. The van der Waals surface area contributed by atoms with Gasteiger partial charge in [0.15, 0.2) is 6.54 Å². The highest BCUT2D eigenvalue weighted by Crippen LogP contribution is 2.38. The van der Waals surface area contributed by atoms with E-state index in [2.05, 4.69) is 63.3 Å². The number of carbonyl (C=O) groups excluding carboxylic acids is 1. The Kier molecular flexibility index (Phi) is 10.4. The van der Waals surface area contributed by atoms with E-state index < -0.39 is 35.9 Å². The van der Waals surface area contributed by atoms with Crippen molar-refractivity contribution >= 4 is 54.9 Å². The molecule has 0 radical (unpaired) electrons. The fraction of sp³-hybridized carbons (Fsp3) is 0.297. The number of likely N-dealkylation sites (tertiary alicyclic amines) is 1. The Morgan fingerprint density at radius 3 is 2.41 bits per heavy atom. The van der Waals surface area contributed by atoms with Crippen molar-refractivity contribution in [2.75, 3.05) is 25.0 Å². The zero-order valence-electron chi connectivity index (χ0n) is 27.0. The summed E-state index contributed by atoms with van der Waals surface area (Å²) >= 11 is 0. The quantitative estimate of drug-likeness (QED) is 0.126. The number of hydrogen-bond donors (Lipinski definition) is 3. The van der Waals surface area contributed by atoms with Crippen molar-refractivity contribution in [3.8, 4) is 0 Å². The van der Waals surface area contributed by atoms with Gasteiger partial charge in [-0.05, 0) is 79.4 Å². The predicted molar refractivity (Wildman–Crippen MR) is 189 cm³/mol. The molecule has 3 aromatic carbocycles. The summed E-state index contributed by atoms with van der Waals surface area (Å²) in [6.45, 7) is 4.22. The molecule has 10 nitrogen and oxygen atoms in total. The van der Waals surface area contributed by atoms with Gasteiger partial charge in [0.05, 0.1) is 10.6 Å². The van der Waals surface area contributed by atoms with Crippen LogP contribution in [0.15, 0.2) is 100 Å². The number of benzene rings is 3. The molecule has 1 aliphatic carbocycles. The van der Waals surface area contributed by atoms with Gasteiger partial charge in [-0.25, -0.2) is 0 Å². The molecule has 1 atom stereocenters. The van der Waals surface area contributed by atoms with Crippen LogP contribution in [0.3, 0.4) is 0 Å². The predicted octanol–water partition coefficient (Wildman–Crippen LogP) is 6.11. The molecular formula is C37H40N3O7S2+. The van der Waals surface area contributed by atoms with E-state index in [-0.39, 0.29) is 18.0 Å². The Morgan fingerprint density at radius 1 is 0.878 bits per heavy atom. The van der Waals surface area contributed by atoms with Gasteiger partial charge in [0.25, 0.3) is 20.2 Å². The number of piperidine rings is 1. The second kappa shape index (κ2) is 14.7. The monoisotopic (exact) mass is 702 g/mol. The van der Waals surface area contributed by atoms with Crippen LogP contribution in [0.2, 0.25) is 0 Å². The van der Waals surface area contributed by atoms with Gasteiger partial charge < -0.3 is 10.2 Å². The molecular weight excluding hydrogens is 663 g/mol. The van der Waals surface area contributed by atoms with Crippen LogP contribution in [-0.2, 0) is 31.6 Å². The summed E-state index contributed by atoms with van der Waals surface area (Å²) < 4.78 is 68.7. The third-order valence-electron chi connectivity index (χ3n) is 9.28. The standard InChI is InChI=1S/C37H39N3O7S2/c41-37(38-34-19-17-31(48(42,43)44)26-36(34)49(45,46)47)20-18-33-29(14-13-27-9-2-4-11-32(27)33)25-30-16-15-28-10-3-5-12-35(28)40(30)24-8-23-39-21-6-1-7-22-39/h2-5,9-17,19,25-26,33H,1,6-8,18,20-24H2,(H2-,38,41,42,43,44,45,46,47)/p+1. The number of aryl methyl sites for hydroxylation is 1. The first kappa shape index (κ1) is 34.7. The first-order valence-electron chi connectivity index (χ1n) is 16.5. The van der Waals surface area contributed by atoms with Crippen molar-refractivity contribution in [3.05, 3.63) is 107 Å². The summed E-state index contributed by atoms with van der Waals surface area (Å²) in [7, 11) is -9.67. The van der Waals surface area contributed by atoms with Crippen molar-refractivity contribution in [2.45, 2.75) is 60.8 Å². The first-order chi connectivity index (χ1) is 23.5. The molecule has 256 valence electrons. The summed E-state index contributed by atoms with van der Waals surface area (Å²) in [5, 5.41) is 3.66. The lowest BCUT2D eigenvalue weighted by molar-refractivity contribution is -0.673. The third-order valence-corrected chi connectivity index (χ3v) is 11.0. The molecule has 3 N–H and O–H groups in total. The highest BCUT2D eigenvalue weighted by Gasteiger charge is 2.26.